The fourth-order valence-electron chi connectivity index (χ4n) is 2.90. The summed E-state index contributed by atoms with van der Waals surface area (Å²) in [5.74, 6) is 1.48. The van der Waals surface area contributed by atoms with Crippen molar-refractivity contribution in [2.75, 3.05) is 14.2 Å². The fraction of sp³-hybridized carbons (Fsp3) is 0.150. The quantitative estimate of drug-likeness (QED) is 0.459. The van der Waals surface area contributed by atoms with Gasteiger partial charge in [-0.1, -0.05) is 22.9 Å². The number of hydrogen-bond donors (Lipinski definition) is 0. The Hall–Kier alpha value is -2.90. The van der Waals surface area contributed by atoms with Crippen LogP contribution in [-0.4, -0.2) is 34.2 Å². The van der Waals surface area contributed by atoms with Gasteiger partial charge in [-0.05, 0) is 43.3 Å². The maximum absolute atomic E-state index is 6.10. The molecule has 0 N–H and O–H groups in total. The first-order valence-corrected chi connectivity index (χ1v) is 9.73. The number of rotatable bonds is 5. The zero-order valence-electron chi connectivity index (χ0n) is 15.5. The summed E-state index contributed by atoms with van der Waals surface area (Å²) in [4.78, 5) is 4.76. The van der Waals surface area contributed by atoms with Gasteiger partial charge in [-0.3, -0.25) is 0 Å². The lowest BCUT2D eigenvalue weighted by Gasteiger charge is -2.08. The Morgan fingerprint density at radius 2 is 1.93 bits per heavy atom. The Balaban J connectivity index is 1.73. The lowest BCUT2D eigenvalue weighted by Crippen LogP contribution is -1.98. The van der Waals surface area contributed by atoms with Crippen molar-refractivity contribution in [3.63, 3.8) is 0 Å². The van der Waals surface area contributed by atoms with Crippen molar-refractivity contribution in [3.05, 3.63) is 58.6 Å². The lowest BCUT2D eigenvalue weighted by atomic mass is 10.1. The van der Waals surface area contributed by atoms with E-state index in [2.05, 4.69) is 10.3 Å². The smallest absolute Gasteiger partial charge is 0.146 e. The number of methoxy groups -OCH3 is 2. The first kappa shape index (κ1) is 18.5. The first-order chi connectivity index (χ1) is 13.6. The number of hydrogen-bond acceptors (Lipinski definition) is 6. The summed E-state index contributed by atoms with van der Waals surface area (Å²) in [7, 11) is 3.27. The zero-order valence-corrected chi connectivity index (χ0v) is 17.1. The molecule has 2 aromatic heterocycles. The molecule has 0 spiro atoms. The second-order valence-electron chi connectivity index (χ2n) is 6.02. The molecule has 0 aliphatic rings. The Labute approximate surface area is 171 Å². The summed E-state index contributed by atoms with van der Waals surface area (Å²) in [5, 5.41) is 12.0. The molecule has 2 aromatic carbocycles. The van der Waals surface area contributed by atoms with Gasteiger partial charge >= 0.3 is 0 Å². The van der Waals surface area contributed by atoms with Crippen LogP contribution < -0.4 is 9.47 Å². The summed E-state index contributed by atoms with van der Waals surface area (Å²) < 4.78 is 12.6. The van der Waals surface area contributed by atoms with Gasteiger partial charge in [0.1, 0.15) is 22.2 Å². The molecule has 0 saturated heterocycles. The number of halogens is 1. The zero-order chi connectivity index (χ0) is 19.7. The van der Waals surface area contributed by atoms with Crippen LogP contribution in [0.25, 0.3) is 27.6 Å². The fourth-order valence-corrected chi connectivity index (χ4v) is 3.94. The van der Waals surface area contributed by atoms with E-state index in [1.807, 2.05) is 54.8 Å². The molecule has 0 aliphatic carbocycles. The van der Waals surface area contributed by atoms with Gasteiger partial charge in [0.15, 0.2) is 0 Å². The first-order valence-electron chi connectivity index (χ1n) is 8.47. The molecular formula is C20H17ClN4O2S. The summed E-state index contributed by atoms with van der Waals surface area (Å²) >= 11 is 7.61. The molecule has 0 aliphatic heterocycles. The normalized spacial score (nSPS) is 10.9. The van der Waals surface area contributed by atoms with Crippen molar-refractivity contribution in [1.82, 2.24) is 20.0 Å². The van der Waals surface area contributed by atoms with Crippen molar-refractivity contribution in [3.8, 4) is 39.1 Å². The number of ether oxygens (including phenoxy) is 2. The van der Waals surface area contributed by atoms with Crippen LogP contribution in [0.3, 0.4) is 0 Å². The summed E-state index contributed by atoms with van der Waals surface area (Å²) in [5.41, 5.74) is 4.14. The van der Waals surface area contributed by atoms with E-state index in [1.165, 1.54) is 11.3 Å². The van der Waals surface area contributed by atoms with Crippen molar-refractivity contribution in [2.45, 2.75) is 6.92 Å². The van der Waals surface area contributed by atoms with Gasteiger partial charge in [-0.2, -0.15) is 0 Å². The molecule has 0 atom stereocenters. The molecule has 4 aromatic rings. The van der Waals surface area contributed by atoms with E-state index < -0.39 is 0 Å². The number of aromatic nitrogens is 4. The molecular weight excluding hydrogens is 396 g/mol. The largest absolute Gasteiger partial charge is 0.497 e. The third kappa shape index (κ3) is 3.34. The van der Waals surface area contributed by atoms with Crippen LogP contribution in [0.2, 0.25) is 5.02 Å². The molecule has 0 bridgehead atoms. The van der Waals surface area contributed by atoms with E-state index in [-0.39, 0.29) is 0 Å². The monoisotopic (exact) mass is 412 g/mol. The van der Waals surface area contributed by atoms with Gasteiger partial charge < -0.3 is 9.47 Å². The van der Waals surface area contributed by atoms with Crippen LogP contribution in [0.1, 0.15) is 5.69 Å². The van der Waals surface area contributed by atoms with Gasteiger partial charge in [0, 0.05) is 16.0 Å². The standard InChI is InChI=1S/C20H17ClN4O2S/c1-12-19(23-24-25(12)14-6-4-5-13(21)9-14)20-22-17(11-28-20)16-10-15(26-2)7-8-18(16)27-3/h4-11H,1-3H3. The molecule has 0 unspecified atom stereocenters. The van der Waals surface area contributed by atoms with Crippen LogP contribution in [0.4, 0.5) is 0 Å². The SMILES string of the molecule is COc1ccc(OC)c(-c2csc(-c3nnn(-c4cccc(Cl)c4)c3C)n2)c1. The second-order valence-corrected chi connectivity index (χ2v) is 7.31. The van der Waals surface area contributed by atoms with E-state index in [4.69, 9.17) is 26.1 Å². The summed E-state index contributed by atoms with van der Waals surface area (Å²) in [6.07, 6.45) is 0. The molecule has 8 heteroatoms. The van der Waals surface area contributed by atoms with E-state index >= 15 is 0 Å². The Morgan fingerprint density at radius 1 is 1.07 bits per heavy atom. The molecule has 0 amide bonds. The van der Waals surface area contributed by atoms with Crippen LogP contribution in [0.15, 0.2) is 47.8 Å². The molecule has 142 valence electrons. The predicted octanol–water partition coefficient (Wildman–Crippen LogP) is 5.04. The number of nitrogens with zero attached hydrogens (tertiary/aromatic N) is 4. The second kappa shape index (κ2) is 7.61. The van der Waals surface area contributed by atoms with E-state index in [9.17, 15) is 0 Å². The average Bonchev–Trinajstić information content (AvgIpc) is 3.34. The minimum atomic E-state index is 0.649. The Bertz CT molecular complexity index is 1140. The number of thiazole rings is 1. The predicted molar refractivity (Wildman–Crippen MR) is 111 cm³/mol. The molecule has 28 heavy (non-hydrogen) atoms. The van der Waals surface area contributed by atoms with Crippen molar-refractivity contribution >= 4 is 22.9 Å². The molecule has 0 fully saturated rings. The van der Waals surface area contributed by atoms with Crippen LogP contribution in [0.5, 0.6) is 11.5 Å². The molecule has 2 heterocycles. The molecule has 6 nitrogen and oxygen atoms in total. The van der Waals surface area contributed by atoms with Crippen LogP contribution in [0, 0.1) is 6.92 Å². The summed E-state index contributed by atoms with van der Waals surface area (Å²) in [6, 6.07) is 13.1. The van der Waals surface area contributed by atoms with Crippen molar-refractivity contribution in [1.29, 1.82) is 0 Å². The van der Waals surface area contributed by atoms with Crippen molar-refractivity contribution in [2.24, 2.45) is 0 Å². The highest BCUT2D eigenvalue weighted by Gasteiger charge is 2.18. The van der Waals surface area contributed by atoms with Crippen molar-refractivity contribution < 1.29 is 9.47 Å². The van der Waals surface area contributed by atoms with Crippen LogP contribution in [-0.2, 0) is 0 Å². The number of benzene rings is 2. The summed E-state index contributed by atoms with van der Waals surface area (Å²) in [6.45, 7) is 1.96. The highest BCUT2D eigenvalue weighted by Crippen LogP contribution is 2.36. The minimum Gasteiger partial charge on any atom is -0.497 e. The molecule has 0 radical (unpaired) electrons. The molecule has 0 saturated carbocycles. The average molecular weight is 413 g/mol. The van der Waals surface area contributed by atoms with Gasteiger partial charge in [0.2, 0.25) is 0 Å². The third-order valence-electron chi connectivity index (χ3n) is 4.34. The maximum atomic E-state index is 6.10. The lowest BCUT2D eigenvalue weighted by molar-refractivity contribution is 0.404. The van der Waals surface area contributed by atoms with Gasteiger partial charge in [0.25, 0.3) is 0 Å². The minimum absolute atomic E-state index is 0.649. The Morgan fingerprint density at radius 3 is 2.68 bits per heavy atom. The highest BCUT2D eigenvalue weighted by molar-refractivity contribution is 7.13. The van der Waals surface area contributed by atoms with Gasteiger partial charge in [-0.15, -0.1) is 16.4 Å². The van der Waals surface area contributed by atoms with Crippen LogP contribution >= 0.6 is 22.9 Å². The van der Waals surface area contributed by atoms with E-state index in [1.54, 1.807) is 18.9 Å². The van der Waals surface area contributed by atoms with E-state index in [0.29, 0.717) is 5.02 Å². The van der Waals surface area contributed by atoms with Gasteiger partial charge in [-0.25, -0.2) is 9.67 Å². The topological polar surface area (TPSA) is 62.1 Å². The Kier molecular flexibility index (Phi) is 5.02. The highest BCUT2D eigenvalue weighted by atomic mass is 35.5. The van der Waals surface area contributed by atoms with E-state index in [0.717, 1.165) is 44.8 Å². The van der Waals surface area contributed by atoms with Gasteiger partial charge in [0.05, 0.1) is 31.3 Å². The third-order valence-corrected chi connectivity index (χ3v) is 5.42. The maximum Gasteiger partial charge on any atom is 0.146 e. The molecule has 4 rings (SSSR count).